The normalized spacial score (nSPS) is 26.7. The van der Waals surface area contributed by atoms with Crippen LogP contribution in [0.4, 0.5) is 5.82 Å². The molecule has 15 heavy (non-hydrogen) atoms. The summed E-state index contributed by atoms with van der Waals surface area (Å²) in [7, 11) is 0. The summed E-state index contributed by atoms with van der Waals surface area (Å²) in [6.45, 7) is 6.44. The second kappa shape index (κ2) is 4.47. The van der Waals surface area contributed by atoms with Crippen molar-refractivity contribution in [2.75, 3.05) is 18.0 Å². The minimum atomic E-state index is 0.650. The summed E-state index contributed by atoms with van der Waals surface area (Å²) in [5.74, 6) is 1.74. The highest BCUT2D eigenvalue weighted by Crippen LogP contribution is 2.26. The molecule has 2 heterocycles. The van der Waals surface area contributed by atoms with Gasteiger partial charge in [0.05, 0.1) is 0 Å². The van der Waals surface area contributed by atoms with E-state index in [1.807, 2.05) is 6.92 Å². The van der Waals surface area contributed by atoms with Gasteiger partial charge in [-0.3, -0.25) is 0 Å². The standard InChI is InChI=1S/C11H16BrN3/c1-8-6-15(4-3-10(8)12)11-5-9(2)13-7-14-11/h5,7-8,10H,3-4,6H2,1-2H3. The van der Waals surface area contributed by atoms with Gasteiger partial charge in [-0.05, 0) is 19.3 Å². The summed E-state index contributed by atoms with van der Waals surface area (Å²) in [6, 6.07) is 2.06. The monoisotopic (exact) mass is 269 g/mol. The molecular weight excluding hydrogens is 254 g/mol. The number of hydrogen-bond acceptors (Lipinski definition) is 3. The van der Waals surface area contributed by atoms with Gasteiger partial charge < -0.3 is 4.90 Å². The van der Waals surface area contributed by atoms with Gasteiger partial charge in [0, 0.05) is 29.7 Å². The molecule has 0 N–H and O–H groups in total. The predicted molar refractivity (Wildman–Crippen MR) is 65.5 cm³/mol. The second-order valence-electron chi connectivity index (χ2n) is 4.25. The Hall–Kier alpha value is -0.640. The number of hydrogen-bond donors (Lipinski definition) is 0. The van der Waals surface area contributed by atoms with Crippen molar-refractivity contribution < 1.29 is 0 Å². The summed E-state index contributed by atoms with van der Waals surface area (Å²) in [6.07, 6.45) is 2.83. The Balaban J connectivity index is 2.12. The lowest BCUT2D eigenvalue weighted by molar-refractivity contribution is 0.463. The van der Waals surface area contributed by atoms with Crippen LogP contribution in [0.1, 0.15) is 19.0 Å². The highest BCUT2D eigenvalue weighted by Gasteiger charge is 2.24. The van der Waals surface area contributed by atoms with Crippen molar-refractivity contribution in [1.29, 1.82) is 0 Å². The molecular formula is C11H16BrN3. The number of anilines is 1. The van der Waals surface area contributed by atoms with Crippen LogP contribution in [-0.4, -0.2) is 27.9 Å². The molecule has 1 aromatic rings. The maximum Gasteiger partial charge on any atom is 0.132 e. The second-order valence-corrected chi connectivity index (χ2v) is 5.42. The summed E-state index contributed by atoms with van der Waals surface area (Å²) in [5.41, 5.74) is 1.04. The number of alkyl halides is 1. The van der Waals surface area contributed by atoms with E-state index in [-0.39, 0.29) is 0 Å². The summed E-state index contributed by atoms with van der Waals surface area (Å²) in [4.78, 5) is 11.4. The average molecular weight is 270 g/mol. The van der Waals surface area contributed by atoms with Crippen molar-refractivity contribution >= 4 is 21.7 Å². The highest BCUT2D eigenvalue weighted by atomic mass is 79.9. The van der Waals surface area contributed by atoms with Crippen molar-refractivity contribution in [2.45, 2.75) is 25.1 Å². The molecule has 82 valence electrons. The fraction of sp³-hybridized carbons (Fsp3) is 0.636. The van der Waals surface area contributed by atoms with Gasteiger partial charge in [0.15, 0.2) is 0 Å². The van der Waals surface area contributed by atoms with Crippen molar-refractivity contribution in [3.63, 3.8) is 0 Å². The lowest BCUT2D eigenvalue weighted by Gasteiger charge is -2.35. The minimum Gasteiger partial charge on any atom is -0.356 e. The predicted octanol–water partition coefficient (Wildman–Crippen LogP) is 2.39. The molecule has 0 aliphatic carbocycles. The number of piperidine rings is 1. The molecule has 0 bridgehead atoms. The van der Waals surface area contributed by atoms with Crippen LogP contribution >= 0.6 is 15.9 Å². The molecule has 2 atom stereocenters. The Labute approximate surface area is 99.0 Å². The van der Waals surface area contributed by atoms with Crippen molar-refractivity contribution in [1.82, 2.24) is 9.97 Å². The van der Waals surface area contributed by atoms with E-state index in [4.69, 9.17) is 0 Å². The quantitative estimate of drug-likeness (QED) is 0.734. The third-order valence-electron chi connectivity index (χ3n) is 2.91. The van der Waals surface area contributed by atoms with Crippen LogP contribution < -0.4 is 4.90 Å². The molecule has 0 amide bonds. The van der Waals surface area contributed by atoms with Gasteiger partial charge in [0.1, 0.15) is 12.1 Å². The van der Waals surface area contributed by atoms with Gasteiger partial charge in [-0.15, -0.1) is 0 Å². The topological polar surface area (TPSA) is 29.0 Å². The van der Waals surface area contributed by atoms with Crippen molar-refractivity contribution in [3.8, 4) is 0 Å². The van der Waals surface area contributed by atoms with E-state index >= 15 is 0 Å². The number of rotatable bonds is 1. The largest absolute Gasteiger partial charge is 0.356 e. The van der Waals surface area contributed by atoms with E-state index in [0.717, 1.165) is 24.6 Å². The number of aryl methyl sites for hydroxylation is 1. The number of aromatic nitrogens is 2. The van der Waals surface area contributed by atoms with E-state index in [9.17, 15) is 0 Å². The first-order valence-electron chi connectivity index (χ1n) is 5.34. The Morgan fingerprint density at radius 2 is 2.27 bits per heavy atom. The number of nitrogens with zero attached hydrogens (tertiary/aromatic N) is 3. The van der Waals surface area contributed by atoms with E-state index < -0.39 is 0 Å². The molecule has 3 nitrogen and oxygen atoms in total. The van der Waals surface area contributed by atoms with Crippen molar-refractivity contribution in [3.05, 3.63) is 18.1 Å². The fourth-order valence-corrected chi connectivity index (χ4v) is 2.31. The highest BCUT2D eigenvalue weighted by molar-refractivity contribution is 9.09. The Morgan fingerprint density at radius 3 is 2.93 bits per heavy atom. The molecule has 0 saturated carbocycles. The third kappa shape index (κ3) is 2.48. The summed E-state index contributed by atoms with van der Waals surface area (Å²) in [5, 5.41) is 0. The zero-order chi connectivity index (χ0) is 10.8. The van der Waals surface area contributed by atoms with E-state index in [1.165, 1.54) is 6.42 Å². The molecule has 1 aromatic heterocycles. The maximum atomic E-state index is 4.32. The summed E-state index contributed by atoms with van der Waals surface area (Å²) >= 11 is 3.71. The maximum absolute atomic E-state index is 4.32. The molecule has 2 rings (SSSR count). The van der Waals surface area contributed by atoms with E-state index in [2.05, 4.69) is 43.8 Å². The van der Waals surface area contributed by atoms with Crippen LogP contribution in [0, 0.1) is 12.8 Å². The van der Waals surface area contributed by atoms with Crippen LogP contribution in [0.25, 0.3) is 0 Å². The zero-order valence-electron chi connectivity index (χ0n) is 9.15. The molecule has 0 spiro atoms. The molecule has 0 aromatic carbocycles. The molecule has 1 saturated heterocycles. The van der Waals surface area contributed by atoms with E-state index in [0.29, 0.717) is 10.7 Å². The fourth-order valence-electron chi connectivity index (χ4n) is 1.94. The van der Waals surface area contributed by atoms with Gasteiger partial charge in [-0.1, -0.05) is 22.9 Å². The van der Waals surface area contributed by atoms with Gasteiger partial charge in [-0.25, -0.2) is 9.97 Å². The first-order chi connectivity index (χ1) is 7.16. The van der Waals surface area contributed by atoms with Gasteiger partial charge in [-0.2, -0.15) is 0 Å². The number of halogens is 1. The molecule has 1 fully saturated rings. The van der Waals surface area contributed by atoms with Gasteiger partial charge in [0.25, 0.3) is 0 Å². The van der Waals surface area contributed by atoms with Gasteiger partial charge in [0.2, 0.25) is 0 Å². The first kappa shape index (κ1) is 10.9. The Kier molecular flexibility index (Phi) is 3.24. The molecule has 2 unspecified atom stereocenters. The molecule has 0 radical (unpaired) electrons. The lowest BCUT2D eigenvalue weighted by atomic mass is 10.0. The third-order valence-corrected chi connectivity index (χ3v) is 4.27. The molecule has 1 aliphatic heterocycles. The van der Waals surface area contributed by atoms with Gasteiger partial charge >= 0.3 is 0 Å². The Morgan fingerprint density at radius 1 is 1.47 bits per heavy atom. The first-order valence-corrected chi connectivity index (χ1v) is 6.26. The van der Waals surface area contributed by atoms with Crippen molar-refractivity contribution in [2.24, 2.45) is 5.92 Å². The van der Waals surface area contributed by atoms with Crippen LogP contribution in [0.5, 0.6) is 0 Å². The smallest absolute Gasteiger partial charge is 0.132 e. The summed E-state index contributed by atoms with van der Waals surface area (Å²) < 4.78 is 0. The lowest BCUT2D eigenvalue weighted by Crippen LogP contribution is -2.40. The molecule has 1 aliphatic rings. The average Bonchev–Trinajstić information content (AvgIpc) is 2.22. The molecule has 4 heteroatoms. The minimum absolute atomic E-state index is 0.650. The zero-order valence-corrected chi connectivity index (χ0v) is 10.7. The van der Waals surface area contributed by atoms with Crippen LogP contribution in [0.3, 0.4) is 0 Å². The van der Waals surface area contributed by atoms with Crippen LogP contribution in [-0.2, 0) is 0 Å². The van der Waals surface area contributed by atoms with Crippen LogP contribution in [0.15, 0.2) is 12.4 Å². The Bertz CT molecular complexity index is 342. The van der Waals surface area contributed by atoms with Crippen LogP contribution in [0.2, 0.25) is 0 Å². The SMILES string of the molecule is Cc1cc(N2CCC(Br)C(C)C2)ncn1. The van der Waals surface area contributed by atoms with E-state index in [1.54, 1.807) is 6.33 Å².